The molecule has 18 heavy (non-hydrogen) atoms. The van der Waals surface area contributed by atoms with E-state index in [1.165, 1.54) is 0 Å². The summed E-state index contributed by atoms with van der Waals surface area (Å²) in [5.74, 6) is 0.897. The van der Waals surface area contributed by atoms with Crippen molar-refractivity contribution in [1.82, 2.24) is 0 Å². The molecular weight excluding hydrogens is 224 g/mol. The van der Waals surface area contributed by atoms with Gasteiger partial charge in [-0.15, -0.1) is 0 Å². The maximum Gasteiger partial charge on any atom is 0.137 e. The molecule has 0 bridgehead atoms. The normalized spacial score (nSPS) is 12.4. The highest BCUT2D eigenvalue weighted by molar-refractivity contribution is 5.94. The first-order valence-corrected chi connectivity index (χ1v) is 6.25. The first-order valence-electron chi connectivity index (χ1n) is 6.25. The molecule has 2 aromatic rings. The van der Waals surface area contributed by atoms with Crippen LogP contribution in [0.2, 0.25) is 0 Å². The number of benzene rings is 2. The van der Waals surface area contributed by atoms with Crippen LogP contribution in [0.15, 0.2) is 36.4 Å². The molecule has 0 saturated carbocycles. The van der Waals surface area contributed by atoms with E-state index in [1.807, 2.05) is 31.2 Å². The summed E-state index contributed by atoms with van der Waals surface area (Å²) >= 11 is 0. The first-order chi connectivity index (χ1) is 8.69. The van der Waals surface area contributed by atoms with Crippen LogP contribution in [0.4, 0.5) is 0 Å². The van der Waals surface area contributed by atoms with E-state index < -0.39 is 0 Å². The fraction of sp³-hybridized carbons (Fsp3) is 0.312. The van der Waals surface area contributed by atoms with Crippen LogP contribution in [0.25, 0.3) is 10.8 Å². The Hall–Kier alpha value is -1.83. The van der Waals surface area contributed by atoms with Crippen molar-refractivity contribution in [3.8, 4) is 5.75 Å². The lowest BCUT2D eigenvalue weighted by molar-refractivity contribution is -0.118. The van der Waals surface area contributed by atoms with E-state index in [-0.39, 0.29) is 11.7 Å². The fourth-order valence-corrected chi connectivity index (χ4v) is 2.51. The Labute approximate surface area is 108 Å². The second-order valence-electron chi connectivity index (χ2n) is 4.47. The lowest BCUT2D eigenvalue weighted by Gasteiger charge is -2.18. The number of Topliss-reactive ketones (excluding diaryl/α,β-unsaturated/α-hetero) is 1. The second kappa shape index (κ2) is 5.21. The number of rotatable bonds is 4. The van der Waals surface area contributed by atoms with Gasteiger partial charge in [0, 0.05) is 11.5 Å². The number of fused-ring (bicyclic) bond motifs is 1. The second-order valence-corrected chi connectivity index (χ2v) is 4.47. The standard InChI is InChI=1S/C16H18O2/c1-4-13(11(2)17)16-14-8-6-5-7-12(14)9-10-15(16)18-3/h5-10,13H,4H2,1-3H3. The van der Waals surface area contributed by atoms with Gasteiger partial charge in [0.1, 0.15) is 11.5 Å². The van der Waals surface area contributed by atoms with Crippen molar-refractivity contribution in [1.29, 1.82) is 0 Å². The Balaban J connectivity index is 2.75. The van der Waals surface area contributed by atoms with Gasteiger partial charge >= 0.3 is 0 Å². The molecule has 94 valence electrons. The van der Waals surface area contributed by atoms with E-state index in [0.29, 0.717) is 0 Å². The van der Waals surface area contributed by atoms with Crippen molar-refractivity contribution in [3.05, 3.63) is 42.0 Å². The first kappa shape index (κ1) is 12.6. The molecule has 0 aliphatic rings. The van der Waals surface area contributed by atoms with E-state index in [1.54, 1.807) is 14.0 Å². The highest BCUT2D eigenvalue weighted by Gasteiger charge is 2.21. The molecule has 0 fully saturated rings. The Bertz CT molecular complexity index is 572. The molecular formula is C16H18O2. The highest BCUT2D eigenvalue weighted by Crippen LogP contribution is 2.36. The van der Waals surface area contributed by atoms with Crippen LogP contribution in [-0.2, 0) is 4.79 Å². The predicted molar refractivity (Wildman–Crippen MR) is 74.2 cm³/mol. The Morgan fingerprint density at radius 1 is 1.22 bits per heavy atom. The quantitative estimate of drug-likeness (QED) is 0.812. The number of ether oxygens (including phenoxy) is 1. The largest absolute Gasteiger partial charge is 0.496 e. The van der Waals surface area contributed by atoms with E-state index in [2.05, 4.69) is 12.1 Å². The number of hydrogen-bond acceptors (Lipinski definition) is 2. The van der Waals surface area contributed by atoms with Crippen LogP contribution in [0.3, 0.4) is 0 Å². The van der Waals surface area contributed by atoms with Gasteiger partial charge in [-0.25, -0.2) is 0 Å². The van der Waals surface area contributed by atoms with Gasteiger partial charge in [-0.05, 0) is 30.2 Å². The van der Waals surface area contributed by atoms with Gasteiger partial charge in [0.2, 0.25) is 0 Å². The molecule has 2 rings (SSSR count). The third-order valence-electron chi connectivity index (χ3n) is 3.40. The molecule has 0 N–H and O–H groups in total. The van der Waals surface area contributed by atoms with Crippen molar-refractivity contribution in [3.63, 3.8) is 0 Å². The van der Waals surface area contributed by atoms with Crippen molar-refractivity contribution >= 4 is 16.6 Å². The van der Waals surface area contributed by atoms with Crippen LogP contribution in [0.1, 0.15) is 31.7 Å². The zero-order valence-electron chi connectivity index (χ0n) is 11.1. The van der Waals surface area contributed by atoms with Crippen molar-refractivity contribution in [2.75, 3.05) is 7.11 Å². The summed E-state index contributed by atoms with van der Waals surface area (Å²) in [7, 11) is 1.65. The van der Waals surface area contributed by atoms with Crippen LogP contribution < -0.4 is 4.74 Å². The van der Waals surface area contributed by atoms with Gasteiger partial charge in [-0.2, -0.15) is 0 Å². The van der Waals surface area contributed by atoms with Crippen molar-refractivity contribution in [2.24, 2.45) is 0 Å². The van der Waals surface area contributed by atoms with Crippen LogP contribution in [-0.4, -0.2) is 12.9 Å². The molecule has 0 saturated heterocycles. The topological polar surface area (TPSA) is 26.3 Å². The van der Waals surface area contributed by atoms with Gasteiger partial charge in [0.05, 0.1) is 7.11 Å². The van der Waals surface area contributed by atoms with Gasteiger partial charge in [-0.1, -0.05) is 37.3 Å². The van der Waals surface area contributed by atoms with E-state index in [0.717, 1.165) is 28.5 Å². The lowest BCUT2D eigenvalue weighted by Crippen LogP contribution is -2.09. The minimum absolute atomic E-state index is 0.0916. The summed E-state index contributed by atoms with van der Waals surface area (Å²) in [5.41, 5.74) is 1.02. The van der Waals surface area contributed by atoms with Crippen LogP contribution in [0, 0.1) is 0 Å². The summed E-state index contributed by atoms with van der Waals surface area (Å²) in [6.07, 6.45) is 0.791. The monoisotopic (exact) mass is 242 g/mol. The smallest absolute Gasteiger partial charge is 0.137 e. The molecule has 2 heteroatoms. The van der Waals surface area contributed by atoms with Crippen molar-refractivity contribution in [2.45, 2.75) is 26.2 Å². The number of carbonyl (C=O) groups excluding carboxylic acids is 1. The highest BCUT2D eigenvalue weighted by atomic mass is 16.5. The maximum absolute atomic E-state index is 11.8. The van der Waals surface area contributed by atoms with Gasteiger partial charge in [-0.3, -0.25) is 4.79 Å². The molecule has 0 radical (unpaired) electrons. The van der Waals surface area contributed by atoms with E-state index >= 15 is 0 Å². The average molecular weight is 242 g/mol. The molecule has 0 aromatic heterocycles. The molecule has 1 unspecified atom stereocenters. The average Bonchev–Trinajstić information content (AvgIpc) is 2.39. The summed E-state index contributed by atoms with van der Waals surface area (Å²) in [6, 6.07) is 12.1. The van der Waals surface area contributed by atoms with Gasteiger partial charge in [0.25, 0.3) is 0 Å². The number of hydrogen-bond donors (Lipinski definition) is 0. The molecule has 2 aromatic carbocycles. The third kappa shape index (κ3) is 2.10. The summed E-state index contributed by atoms with van der Waals surface area (Å²) in [5, 5.41) is 2.26. The molecule has 0 aliphatic carbocycles. The summed E-state index contributed by atoms with van der Waals surface area (Å²) in [4.78, 5) is 11.8. The minimum Gasteiger partial charge on any atom is -0.496 e. The molecule has 1 atom stereocenters. The zero-order chi connectivity index (χ0) is 13.1. The molecule has 0 heterocycles. The number of methoxy groups -OCH3 is 1. The van der Waals surface area contributed by atoms with Crippen LogP contribution in [0.5, 0.6) is 5.75 Å². The van der Waals surface area contributed by atoms with E-state index in [9.17, 15) is 4.79 Å². The number of ketones is 1. The Morgan fingerprint density at radius 2 is 1.94 bits per heavy atom. The Kier molecular flexibility index (Phi) is 3.66. The lowest BCUT2D eigenvalue weighted by atomic mass is 9.88. The minimum atomic E-state index is -0.0916. The Morgan fingerprint density at radius 3 is 2.56 bits per heavy atom. The molecule has 2 nitrogen and oxygen atoms in total. The SMILES string of the molecule is CCC(C(C)=O)c1c(OC)ccc2ccccc12. The maximum atomic E-state index is 11.8. The van der Waals surface area contributed by atoms with Gasteiger partial charge in [0.15, 0.2) is 0 Å². The molecule has 0 amide bonds. The fourth-order valence-electron chi connectivity index (χ4n) is 2.51. The third-order valence-corrected chi connectivity index (χ3v) is 3.40. The molecule has 0 aliphatic heterocycles. The van der Waals surface area contributed by atoms with Crippen LogP contribution >= 0.6 is 0 Å². The predicted octanol–water partition coefficient (Wildman–Crippen LogP) is 3.93. The summed E-state index contributed by atoms with van der Waals surface area (Å²) in [6.45, 7) is 3.68. The van der Waals surface area contributed by atoms with Crippen molar-refractivity contribution < 1.29 is 9.53 Å². The zero-order valence-corrected chi connectivity index (χ0v) is 11.1. The number of carbonyl (C=O) groups is 1. The molecule has 0 spiro atoms. The van der Waals surface area contributed by atoms with E-state index in [4.69, 9.17) is 4.74 Å². The van der Waals surface area contributed by atoms with Gasteiger partial charge < -0.3 is 4.74 Å². The summed E-state index contributed by atoms with van der Waals surface area (Å²) < 4.78 is 5.43.